The average Bonchev–Trinajstić information content (AvgIpc) is 2.70. The number of aromatic nitrogens is 2. The summed E-state index contributed by atoms with van der Waals surface area (Å²) >= 11 is 5.67. The van der Waals surface area contributed by atoms with E-state index in [-0.39, 0.29) is 5.91 Å². The van der Waals surface area contributed by atoms with E-state index in [1.54, 1.807) is 23.1 Å². The lowest BCUT2D eigenvalue weighted by Gasteiger charge is -2.05. The van der Waals surface area contributed by atoms with Gasteiger partial charge in [-0.3, -0.25) is 14.9 Å². The van der Waals surface area contributed by atoms with Crippen LogP contribution in [0.4, 0.5) is 0 Å². The van der Waals surface area contributed by atoms with Crippen LogP contribution in [-0.4, -0.2) is 15.6 Å². The molecule has 0 saturated carbocycles. The molecule has 0 bridgehead atoms. The summed E-state index contributed by atoms with van der Waals surface area (Å²) in [6, 6.07) is 6.75. The van der Waals surface area contributed by atoms with Crippen molar-refractivity contribution in [3.05, 3.63) is 53.6 Å². The summed E-state index contributed by atoms with van der Waals surface area (Å²) in [5.74, 6) is -0.226. The minimum absolute atomic E-state index is 0.226. The Morgan fingerprint density at radius 1 is 1.40 bits per heavy atom. The minimum Gasteiger partial charge on any atom is -0.268 e. The number of nitrogens with zero attached hydrogens (tertiary/aromatic N) is 2. The lowest BCUT2D eigenvalue weighted by Crippen LogP contribution is -2.21. The van der Waals surface area contributed by atoms with Crippen LogP contribution < -0.4 is 5.43 Å². The lowest BCUT2D eigenvalue weighted by atomic mass is 10.2. The number of rotatable bonds is 2. The van der Waals surface area contributed by atoms with Crippen molar-refractivity contribution in [1.29, 1.82) is 0 Å². The molecule has 76 valence electrons. The zero-order valence-electron chi connectivity index (χ0n) is 7.72. The number of halogens is 1. The molecular formula is C10H8ClN3O. The quantitative estimate of drug-likeness (QED) is 0.788. The van der Waals surface area contributed by atoms with Gasteiger partial charge in [0.05, 0.1) is 0 Å². The maximum absolute atomic E-state index is 11.6. The summed E-state index contributed by atoms with van der Waals surface area (Å²) in [5.41, 5.74) is 3.13. The molecule has 5 heteroatoms. The standard InChI is InChI=1S/C10H8ClN3O/c11-9-7-8(3-4-12-9)10(15)13-14-5-1-2-6-14/h1-7H,(H,13,15). The van der Waals surface area contributed by atoms with Crippen LogP contribution in [0, 0.1) is 0 Å². The first kappa shape index (κ1) is 9.73. The minimum atomic E-state index is -0.226. The maximum Gasteiger partial charge on any atom is 0.270 e. The number of pyridine rings is 1. The fourth-order valence-electron chi connectivity index (χ4n) is 1.13. The molecule has 4 nitrogen and oxygen atoms in total. The smallest absolute Gasteiger partial charge is 0.268 e. The van der Waals surface area contributed by atoms with Crippen molar-refractivity contribution in [2.24, 2.45) is 0 Å². The van der Waals surface area contributed by atoms with Crippen molar-refractivity contribution < 1.29 is 4.79 Å². The van der Waals surface area contributed by atoms with Crippen molar-refractivity contribution in [2.45, 2.75) is 0 Å². The number of hydrogen-bond donors (Lipinski definition) is 1. The fourth-order valence-corrected chi connectivity index (χ4v) is 1.31. The highest BCUT2D eigenvalue weighted by molar-refractivity contribution is 6.29. The van der Waals surface area contributed by atoms with Crippen molar-refractivity contribution in [3.8, 4) is 0 Å². The highest BCUT2D eigenvalue weighted by atomic mass is 35.5. The molecular weight excluding hydrogens is 214 g/mol. The third-order valence-corrected chi connectivity index (χ3v) is 2.03. The number of hydrogen-bond acceptors (Lipinski definition) is 2. The summed E-state index contributed by atoms with van der Waals surface area (Å²) in [6.45, 7) is 0. The van der Waals surface area contributed by atoms with Crippen molar-refractivity contribution in [3.63, 3.8) is 0 Å². The molecule has 0 aliphatic rings. The maximum atomic E-state index is 11.6. The van der Waals surface area contributed by atoms with Gasteiger partial charge in [-0.25, -0.2) is 4.98 Å². The van der Waals surface area contributed by atoms with Crippen molar-refractivity contribution in [2.75, 3.05) is 5.43 Å². The van der Waals surface area contributed by atoms with E-state index in [4.69, 9.17) is 11.6 Å². The molecule has 0 fully saturated rings. The average molecular weight is 222 g/mol. The van der Waals surface area contributed by atoms with Crippen LogP contribution >= 0.6 is 11.6 Å². The Morgan fingerprint density at radius 2 is 2.13 bits per heavy atom. The van der Waals surface area contributed by atoms with E-state index in [1.165, 1.54) is 12.3 Å². The molecule has 0 aliphatic carbocycles. The van der Waals surface area contributed by atoms with Gasteiger partial charge in [-0.05, 0) is 24.3 Å². The molecule has 0 saturated heterocycles. The molecule has 2 rings (SSSR count). The molecule has 2 aromatic heterocycles. The van der Waals surface area contributed by atoms with Crippen molar-refractivity contribution >= 4 is 17.5 Å². The SMILES string of the molecule is O=C(Nn1cccc1)c1ccnc(Cl)c1. The van der Waals surface area contributed by atoms with E-state index in [0.29, 0.717) is 10.7 Å². The van der Waals surface area contributed by atoms with Gasteiger partial charge in [0.25, 0.3) is 5.91 Å². The van der Waals surface area contributed by atoms with Crippen LogP contribution in [0.3, 0.4) is 0 Å². The molecule has 0 aliphatic heterocycles. The highest BCUT2D eigenvalue weighted by Crippen LogP contribution is 2.07. The molecule has 0 unspecified atom stereocenters. The Bertz CT molecular complexity index is 467. The van der Waals surface area contributed by atoms with E-state index < -0.39 is 0 Å². The van der Waals surface area contributed by atoms with E-state index in [2.05, 4.69) is 10.4 Å². The second-order valence-electron chi connectivity index (χ2n) is 2.90. The first-order chi connectivity index (χ1) is 7.25. The number of carbonyl (C=O) groups is 1. The van der Waals surface area contributed by atoms with Gasteiger partial charge in [0, 0.05) is 24.2 Å². The Labute approximate surface area is 91.5 Å². The molecule has 1 amide bonds. The lowest BCUT2D eigenvalue weighted by molar-refractivity contribution is 0.101. The molecule has 2 heterocycles. The molecule has 2 aromatic rings. The largest absolute Gasteiger partial charge is 0.270 e. The topological polar surface area (TPSA) is 46.9 Å². The van der Waals surface area contributed by atoms with Crippen LogP contribution in [0.1, 0.15) is 10.4 Å². The van der Waals surface area contributed by atoms with Gasteiger partial charge in [0.2, 0.25) is 0 Å². The third kappa shape index (κ3) is 2.35. The Kier molecular flexibility index (Phi) is 2.69. The Morgan fingerprint density at radius 3 is 2.80 bits per heavy atom. The number of carbonyl (C=O) groups excluding carboxylic acids is 1. The fraction of sp³-hybridized carbons (Fsp3) is 0. The highest BCUT2D eigenvalue weighted by Gasteiger charge is 2.05. The van der Waals surface area contributed by atoms with E-state index in [0.717, 1.165) is 0 Å². The molecule has 1 N–H and O–H groups in total. The van der Waals surface area contributed by atoms with Crippen LogP contribution in [0.2, 0.25) is 5.15 Å². The summed E-state index contributed by atoms with van der Waals surface area (Å²) in [6.07, 6.45) is 4.97. The van der Waals surface area contributed by atoms with E-state index in [9.17, 15) is 4.79 Å². The summed E-state index contributed by atoms with van der Waals surface area (Å²) < 4.78 is 1.57. The monoisotopic (exact) mass is 221 g/mol. The Hall–Kier alpha value is -1.81. The number of nitrogens with one attached hydrogen (secondary N) is 1. The van der Waals surface area contributed by atoms with Gasteiger partial charge in [0.15, 0.2) is 0 Å². The van der Waals surface area contributed by atoms with Crippen LogP contribution in [0.25, 0.3) is 0 Å². The number of amides is 1. The third-order valence-electron chi connectivity index (χ3n) is 1.82. The summed E-state index contributed by atoms with van der Waals surface area (Å²) in [4.78, 5) is 15.4. The zero-order chi connectivity index (χ0) is 10.7. The van der Waals surface area contributed by atoms with Gasteiger partial charge in [-0.15, -0.1) is 0 Å². The predicted octanol–water partition coefficient (Wildman–Crippen LogP) is 1.92. The van der Waals surface area contributed by atoms with E-state index in [1.807, 2.05) is 12.1 Å². The van der Waals surface area contributed by atoms with E-state index >= 15 is 0 Å². The predicted molar refractivity (Wildman–Crippen MR) is 57.4 cm³/mol. The van der Waals surface area contributed by atoms with Gasteiger partial charge < -0.3 is 0 Å². The van der Waals surface area contributed by atoms with Crippen molar-refractivity contribution in [1.82, 2.24) is 9.66 Å². The zero-order valence-corrected chi connectivity index (χ0v) is 8.48. The molecule has 0 spiro atoms. The second-order valence-corrected chi connectivity index (χ2v) is 3.29. The Balaban J connectivity index is 2.15. The second kappa shape index (κ2) is 4.14. The normalized spacial score (nSPS) is 9.93. The van der Waals surface area contributed by atoms with Crippen LogP contribution in [0.15, 0.2) is 42.9 Å². The summed E-state index contributed by atoms with van der Waals surface area (Å²) in [7, 11) is 0. The molecule has 0 atom stereocenters. The van der Waals surface area contributed by atoms with Gasteiger partial charge in [-0.2, -0.15) is 0 Å². The summed E-state index contributed by atoms with van der Waals surface area (Å²) in [5, 5.41) is 0.301. The van der Waals surface area contributed by atoms with Gasteiger partial charge in [0.1, 0.15) is 5.15 Å². The van der Waals surface area contributed by atoms with Crippen LogP contribution in [0.5, 0.6) is 0 Å². The first-order valence-electron chi connectivity index (χ1n) is 4.31. The van der Waals surface area contributed by atoms with Gasteiger partial charge >= 0.3 is 0 Å². The molecule has 15 heavy (non-hydrogen) atoms. The molecule has 0 aromatic carbocycles. The van der Waals surface area contributed by atoms with Crippen LogP contribution in [-0.2, 0) is 0 Å². The molecule has 0 radical (unpaired) electrons. The van der Waals surface area contributed by atoms with Gasteiger partial charge in [-0.1, -0.05) is 11.6 Å². The first-order valence-corrected chi connectivity index (χ1v) is 4.69.